The molecule has 1 fully saturated rings. The maximum Gasteiger partial charge on any atom is 0.128 e. The minimum absolute atomic E-state index is 1.18. The summed E-state index contributed by atoms with van der Waals surface area (Å²) in [7, 11) is 2.30. The van der Waals surface area contributed by atoms with Crippen LogP contribution in [0.15, 0.2) is 12.7 Å². The monoisotopic (exact) mass is 112 g/mol. The van der Waals surface area contributed by atoms with Crippen LogP contribution in [-0.4, -0.2) is 31.2 Å². The van der Waals surface area contributed by atoms with Crippen molar-refractivity contribution in [3.63, 3.8) is 0 Å². The standard InChI is InChI=1S/C7H14N/c1-3-4-5-8(2)6-7-8/h3H,1,4-7H2,2H3/q+1. The zero-order valence-electron chi connectivity index (χ0n) is 5.56. The number of hydrogen-bond donors (Lipinski definition) is 0. The largest absolute Gasteiger partial charge is 0.316 e. The molecule has 1 heteroatoms. The molecule has 0 saturated carbocycles. The van der Waals surface area contributed by atoms with Gasteiger partial charge in [0.15, 0.2) is 0 Å². The van der Waals surface area contributed by atoms with Gasteiger partial charge in [-0.15, -0.1) is 6.58 Å². The summed E-state index contributed by atoms with van der Waals surface area (Å²) in [6.07, 6.45) is 3.18. The Morgan fingerprint density at radius 2 is 2.25 bits per heavy atom. The molecule has 1 aliphatic rings. The average molecular weight is 112 g/mol. The average Bonchev–Trinajstić information content (AvgIpc) is 2.45. The highest BCUT2D eigenvalue weighted by atomic mass is 15.4. The molecule has 1 aliphatic heterocycles. The first-order valence-corrected chi connectivity index (χ1v) is 3.21. The molecule has 1 saturated heterocycles. The van der Waals surface area contributed by atoms with Crippen molar-refractivity contribution >= 4 is 0 Å². The predicted molar refractivity (Wildman–Crippen MR) is 35.6 cm³/mol. The van der Waals surface area contributed by atoms with E-state index in [9.17, 15) is 0 Å². The van der Waals surface area contributed by atoms with Crippen molar-refractivity contribution < 1.29 is 4.48 Å². The summed E-state index contributed by atoms with van der Waals surface area (Å²) in [4.78, 5) is 0. The van der Waals surface area contributed by atoms with Crippen LogP contribution in [0.4, 0.5) is 0 Å². The molecule has 1 heterocycles. The molecule has 0 aromatic rings. The van der Waals surface area contributed by atoms with Crippen LogP contribution in [0.5, 0.6) is 0 Å². The molecule has 0 aromatic carbocycles. The fourth-order valence-corrected chi connectivity index (χ4v) is 0.797. The molecule has 0 atom stereocenters. The molecule has 1 rings (SSSR count). The highest BCUT2D eigenvalue weighted by molar-refractivity contribution is 4.67. The Hall–Kier alpha value is -0.300. The Morgan fingerprint density at radius 3 is 2.62 bits per heavy atom. The summed E-state index contributed by atoms with van der Waals surface area (Å²) in [5, 5.41) is 0. The number of likely N-dealkylation sites (N-methyl/N-ethyl adjacent to an activating group) is 1. The van der Waals surface area contributed by atoms with Gasteiger partial charge in [0.05, 0.1) is 13.6 Å². The lowest BCUT2D eigenvalue weighted by molar-refractivity contribution is -0.776. The zero-order chi connectivity index (χ0) is 6.04. The summed E-state index contributed by atoms with van der Waals surface area (Å²) in [5.74, 6) is 0. The second-order valence-corrected chi connectivity index (χ2v) is 2.87. The van der Waals surface area contributed by atoms with Crippen molar-refractivity contribution in [2.45, 2.75) is 6.42 Å². The lowest BCUT2D eigenvalue weighted by Gasteiger charge is -2.07. The number of quaternary nitrogens is 1. The first kappa shape index (κ1) is 5.83. The normalized spacial score (nSPS) is 22.6. The minimum Gasteiger partial charge on any atom is -0.316 e. The quantitative estimate of drug-likeness (QED) is 0.290. The molecule has 0 spiro atoms. The number of hydrogen-bond acceptors (Lipinski definition) is 0. The Labute approximate surface area is 51.2 Å². The molecule has 0 aromatic heterocycles. The maximum absolute atomic E-state index is 3.68. The lowest BCUT2D eigenvalue weighted by atomic mass is 10.4. The smallest absolute Gasteiger partial charge is 0.128 e. The Morgan fingerprint density at radius 1 is 1.62 bits per heavy atom. The van der Waals surface area contributed by atoms with Crippen LogP contribution in [0.1, 0.15) is 6.42 Å². The van der Waals surface area contributed by atoms with E-state index in [1.807, 2.05) is 6.08 Å². The molecule has 46 valence electrons. The lowest BCUT2D eigenvalue weighted by Crippen LogP contribution is -2.19. The van der Waals surface area contributed by atoms with Gasteiger partial charge in [0, 0.05) is 6.42 Å². The molecule has 8 heavy (non-hydrogen) atoms. The van der Waals surface area contributed by atoms with Gasteiger partial charge in [0.25, 0.3) is 0 Å². The molecule has 0 aliphatic carbocycles. The van der Waals surface area contributed by atoms with Gasteiger partial charge in [-0.2, -0.15) is 0 Å². The van der Waals surface area contributed by atoms with E-state index in [1.54, 1.807) is 0 Å². The third-order valence-electron chi connectivity index (χ3n) is 1.86. The summed E-state index contributed by atoms with van der Waals surface area (Å²) in [6.45, 7) is 7.74. The molecule has 0 N–H and O–H groups in total. The SMILES string of the molecule is C=CCC[N+]1(C)CC1. The molecule has 0 radical (unpaired) electrons. The van der Waals surface area contributed by atoms with Gasteiger partial charge in [0.1, 0.15) is 13.1 Å². The second-order valence-electron chi connectivity index (χ2n) is 2.87. The summed E-state index contributed by atoms with van der Waals surface area (Å²) >= 11 is 0. The van der Waals surface area contributed by atoms with Gasteiger partial charge in [0.2, 0.25) is 0 Å². The first-order chi connectivity index (χ1) is 3.77. The summed E-state index contributed by atoms with van der Waals surface area (Å²) < 4.78 is 1.28. The van der Waals surface area contributed by atoms with Crippen molar-refractivity contribution in [2.75, 3.05) is 26.7 Å². The van der Waals surface area contributed by atoms with E-state index in [0.717, 1.165) is 0 Å². The Kier molecular flexibility index (Phi) is 1.39. The van der Waals surface area contributed by atoms with Crippen molar-refractivity contribution in [1.82, 2.24) is 0 Å². The fourth-order valence-electron chi connectivity index (χ4n) is 0.797. The van der Waals surface area contributed by atoms with Crippen molar-refractivity contribution in [3.05, 3.63) is 12.7 Å². The van der Waals surface area contributed by atoms with Gasteiger partial charge >= 0.3 is 0 Å². The minimum atomic E-state index is 1.18. The second kappa shape index (κ2) is 1.90. The van der Waals surface area contributed by atoms with E-state index in [1.165, 1.54) is 30.5 Å². The van der Waals surface area contributed by atoms with Crippen LogP contribution in [0.25, 0.3) is 0 Å². The van der Waals surface area contributed by atoms with E-state index in [-0.39, 0.29) is 0 Å². The Balaban J connectivity index is 2.09. The topological polar surface area (TPSA) is 0 Å². The van der Waals surface area contributed by atoms with Gasteiger partial charge in [-0.05, 0) is 0 Å². The van der Waals surface area contributed by atoms with E-state index >= 15 is 0 Å². The Bertz CT molecular complexity index is 92.6. The van der Waals surface area contributed by atoms with Crippen molar-refractivity contribution in [1.29, 1.82) is 0 Å². The van der Waals surface area contributed by atoms with Gasteiger partial charge in [-0.1, -0.05) is 6.08 Å². The molecule has 0 amide bonds. The molecule has 0 unspecified atom stereocenters. The third-order valence-corrected chi connectivity index (χ3v) is 1.86. The zero-order valence-corrected chi connectivity index (χ0v) is 5.56. The van der Waals surface area contributed by atoms with Crippen LogP contribution < -0.4 is 0 Å². The van der Waals surface area contributed by atoms with Crippen molar-refractivity contribution in [2.24, 2.45) is 0 Å². The van der Waals surface area contributed by atoms with Crippen LogP contribution in [0.3, 0.4) is 0 Å². The fraction of sp³-hybridized carbons (Fsp3) is 0.714. The van der Waals surface area contributed by atoms with Gasteiger partial charge < -0.3 is 4.48 Å². The molecular formula is C7H14N+. The van der Waals surface area contributed by atoms with Gasteiger partial charge in [-0.25, -0.2) is 0 Å². The van der Waals surface area contributed by atoms with E-state index in [0.29, 0.717) is 0 Å². The van der Waals surface area contributed by atoms with E-state index < -0.39 is 0 Å². The van der Waals surface area contributed by atoms with Crippen LogP contribution in [-0.2, 0) is 0 Å². The predicted octanol–water partition coefficient (Wildman–Crippen LogP) is 1.02. The highest BCUT2D eigenvalue weighted by Gasteiger charge is 2.35. The molecule has 1 nitrogen and oxygen atoms in total. The molecule has 0 bridgehead atoms. The van der Waals surface area contributed by atoms with Crippen molar-refractivity contribution in [3.8, 4) is 0 Å². The van der Waals surface area contributed by atoms with Gasteiger partial charge in [-0.3, -0.25) is 0 Å². The number of nitrogens with zero attached hydrogens (tertiary/aromatic N) is 1. The van der Waals surface area contributed by atoms with E-state index in [4.69, 9.17) is 0 Å². The number of rotatable bonds is 3. The van der Waals surface area contributed by atoms with Crippen LogP contribution in [0.2, 0.25) is 0 Å². The molecular weight excluding hydrogens is 98.1 g/mol. The van der Waals surface area contributed by atoms with Crippen LogP contribution in [0, 0.1) is 0 Å². The highest BCUT2D eigenvalue weighted by Crippen LogP contribution is 2.16. The maximum atomic E-state index is 3.68. The third kappa shape index (κ3) is 1.34. The summed E-state index contributed by atoms with van der Waals surface area (Å²) in [5.41, 5.74) is 0. The summed E-state index contributed by atoms with van der Waals surface area (Å²) in [6, 6.07) is 0. The first-order valence-electron chi connectivity index (χ1n) is 3.21. The van der Waals surface area contributed by atoms with Crippen LogP contribution >= 0.6 is 0 Å². The van der Waals surface area contributed by atoms with E-state index in [2.05, 4.69) is 13.6 Å².